The zero-order valence-electron chi connectivity index (χ0n) is 6.29. The lowest BCUT2D eigenvalue weighted by molar-refractivity contribution is 1.50. The number of hydrogen-bond acceptors (Lipinski definition) is 2. The number of rotatable bonds is 2. The summed E-state index contributed by atoms with van der Waals surface area (Å²) in [5, 5.41) is 7.40. The van der Waals surface area contributed by atoms with Crippen LogP contribution in [0.3, 0.4) is 0 Å². The van der Waals surface area contributed by atoms with Crippen LogP contribution in [0.15, 0.2) is 28.3 Å². The SMILES string of the molecule is BrCc1ccsc1-c1ccsc1. The molecule has 0 unspecified atom stereocenters. The first kappa shape index (κ1) is 8.48. The molecule has 2 aromatic heterocycles. The molecule has 0 aliphatic carbocycles. The molecular formula is C9H7BrS2. The first-order valence-electron chi connectivity index (χ1n) is 3.56. The molecular weight excluding hydrogens is 252 g/mol. The molecule has 0 fully saturated rings. The highest BCUT2D eigenvalue weighted by molar-refractivity contribution is 9.08. The molecule has 0 bridgehead atoms. The van der Waals surface area contributed by atoms with E-state index in [4.69, 9.17) is 0 Å². The predicted octanol–water partition coefficient (Wildman–Crippen LogP) is 4.37. The van der Waals surface area contributed by atoms with Crippen molar-refractivity contribution >= 4 is 38.6 Å². The summed E-state index contributed by atoms with van der Waals surface area (Å²) in [6.45, 7) is 0. The Hall–Kier alpha value is -0.120. The van der Waals surface area contributed by atoms with Gasteiger partial charge in [0, 0.05) is 15.8 Å². The van der Waals surface area contributed by atoms with Gasteiger partial charge in [-0.1, -0.05) is 15.9 Å². The van der Waals surface area contributed by atoms with Crippen molar-refractivity contribution in [1.82, 2.24) is 0 Å². The van der Waals surface area contributed by atoms with Crippen LogP contribution in [0.2, 0.25) is 0 Å². The van der Waals surface area contributed by atoms with Crippen molar-refractivity contribution in [1.29, 1.82) is 0 Å². The van der Waals surface area contributed by atoms with E-state index < -0.39 is 0 Å². The van der Waals surface area contributed by atoms with Crippen LogP contribution in [0.25, 0.3) is 10.4 Å². The molecule has 0 atom stereocenters. The summed E-state index contributed by atoms with van der Waals surface area (Å²) in [5.74, 6) is 0. The molecule has 0 spiro atoms. The minimum Gasteiger partial charge on any atom is -0.152 e. The summed E-state index contributed by atoms with van der Waals surface area (Å²) in [6.07, 6.45) is 0. The number of halogens is 1. The van der Waals surface area contributed by atoms with Crippen molar-refractivity contribution in [2.75, 3.05) is 0 Å². The van der Waals surface area contributed by atoms with Gasteiger partial charge in [-0.05, 0) is 33.8 Å². The van der Waals surface area contributed by atoms with Crippen LogP contribution >= 0.6 is 38.6 Å². The van der Waals surface area contributed by atoms with Gasteiger partial charge in [0.1, 0.15) is 0 Å². The number of thiophene rings is 2. The van der Waals surface area contributed by atoms with Crippen LogP contribution < -0.4 is 0 Å². The third kappa shape index (κ3) is 1.49. The molecule has 12 heavy (non-hydrogen) atoms. The monoisotopic (exact) mass is 258 g/mol. The maximum Gasteiger partial charge on any atom is 0.0391 e. The second-order valence-electron chi connectivity index (χ2n) is 2.42. The summed E-state index contributed by atoms with van der Waals surface area (Å²) in [5.41, 5.74) is 2.74. The lowest BCUT2D eigenvalue weighted by Crippen LogP contribution is -1.74. The fourth-order valence-electron chi connectivity index (χ4n) is 1.09. The maximum absolute atomic E-state index is 3.48. The van der Waals surface area contributed by atoms with Gasteiger partial charge >= 0.3 is 0 Å². The molecule has 2 rings (SSSR count). The van der Waals surface area contributed by atoms with Gasteiger partial charge in [-0.25, -0.2) is 0 Å². The molecule has 0 N–H and O–H groups in total. The van der Waals surface area contributed by atoms with E-state index in [0.29, 0.717) is 0 Å². The zero-order valence-corrected chi connectivity index (χ0v) is 9.51. The van der Waals surface area contributed by atoms with E-state index >= 15 is 0 Å². The van der Waals surface area contributed by atoms with E-state index in [-0.39, 0.29) is 0 Å². The third-order valence-corrected chi connectivity index (χ3v) is 3.97. The quantitative estimate of drug-likeness (QED) is 0.702. The summed E-state index contributed by atoms with van der Waals surface area (Å²) >= 11 is 7.04. The molecule has 0 amide bonds. The Kier molecular flexibility index (Phi) is 2.63. The minimum atomic E-state index is 0.946. The standard InChI is InChI=1S/C9H7BrS2/c10-5-7-2-4-12-9(7)8-1-3-11-6-8/h1-4,6H,5H2. The fourth-order valence-corrected chi connectivity index (χ4v) is 3.39. The van der Waals surface area contributed by atoms with Gasteiger partial charge in [0.2, 0.25) is 0 Å². The molecule has 0 saturated heterocycles. The van der Waals surface area contributed by atoms with Gasteiger partial charge in [0.15, 0.2) is 0 Å². The summed E-state index contributed by atoms with van der Waals surface area (Å²) < 4.78 is 0. The van der Waals surface area contributed by atoms with Gasteiger partial charge < -0.3 is 0 Å². The first-order chi connectivity index (χ1) is 5.92. The average Bonchev–Trinajstić information content (AvgIpc) is 2.74. The highest BCUT2D eigenvalue weighted by Crippen LogP contribution is 2.32. The minimum absolute atomic E-state index is 0.946. The van der Waals surface area contributed by atoms with Gasteiger partial charge in [0.05, 0.1) is 0 Å². The summed E-state index contributed by atoms with van der Waals surface area (Å²) in [4.78, 5) is 1.40. The van der Waals surface area contributed by atoms with E-state index in [2.05, 4.69) is 44.2 Å². The van der Waals surface area contributed by atoms with Crippen LogP contribution in [0.1, 0.15) is 5.56 Å². The van der Waals surface area contributed by atoms with Gasteiger partial charge in [-0.15, -0.1) is 11.3 Å². The van der Waals surface area contributed by atoms with Crippen molar-refractivity contribution in [3.63, 3.8) is 0 Å². The van der Waals surface area contributed by atoms with E-state index in [1.165, 1.54) is 16.0 Å². The van der Waals surface area contributed by atoms with Crippen molar-refractivity contribution in [3.8, 4) is 10.4 Å². The second kappa shape index (κ2) is 3.73. The molecule has 0 radical (unpaired) electrons. The molecule has 3 heteroatoms. The lowest BCUT2D eigenvalue weighted by atomic mass is 10.2. The van der Waals surface area contributed by atoms with Crippen molar-refractivity contribution in [2.24, 2.45) is 0 Å². The second-order valence-corrected chi connectivity index (χ2v) is 4.68. The molecule has 0 aliphatic rings. The van der Waals surface area contributed by atoms with E-state index in [1.807, 2.05) is 11.3 Å². The Morgan fingerprint density at radius 1 is 1.25 bits per heavy atom. The van der Waals surface area contributed by atoms with Crippen molar-refractivity contribution < 1.29 is 0 Å². The fraction of sp³-hybridized carbons (Fsp3) is 0.111. The summed E-state index contributed by atoms with van der Waals surface area (Å²) in [6, 6.07) is 4.34. The van der Waals surface area contributed by atoms with E-state index in [1.54, 1.807) is 11.3 Å². The molecule has 0 nitrogen and oxygen atoms in total. The Morgan fingerprint density at radius 3 is 2.83 bits per heavy atom. The number of alkyl halides is 1. The molecule has 0 aromatic carbocycles. The Morgan fingerprint density at radius 2 is 2.17 bits per heavy atom. The zero-order chi connectivity index (χ0) is 8.39. The van der Waals surface area contributed by atoms with Crippen molar-refractivity contribution in [3.05, 3.63) is 33.8 Å². The van der Waals surface area contributed by atoms with Gasteiger partial charge in [-0.3, -0.25) is 0 Å². The van der Waals surface area contributed by atoms with Crippen LogP contribution in [0.4, 0.5) is 0 Å². The highest BCUT2D eigenvalue weighted by atomic mass is 79.9. The van der Waals surface area contributed by atoms with E-state index in [9.17, 15) is 0 Å². The molecule has 0 aliphatic heterocycles. The third-order valence-electron chi connectivity index (χ3n) is 1.67. The maximum atomic E-state index is 3.48. The van der Waals surface area contributed by atoms with Crippen LogP contribution in [-0.4, -0.2) is 0 Å². The lowest BCUT2D eigenvalue weighted by Gasteiger charge is -1.95. The molecule has 0 saturated carbocycles. The number of hydrogen-bond donors (Lipinski definition) is 0. The summed E-state index contributed by atoms with van der Waals surface area (Å²) in [7, 11) is 0. The van der Waals surface area contributed by atoms with Crippen LogP contribution in [-0.2, 0) is 5.33 Å². The van der Waals surface area contributed by atoms with Gasteiger partial charge in [0.25, 0.3) is 0 Å². The van der Waals surface area contributed by atoms with E-state index in [0.717, 1.165) is 5.33 Å². The average molecular weight is 259 g/mol. The highest BCUT2D eigenvalue weighted by Gasteiger charge is 2.04. The van der Waals surface area contributed by atoms with Crippen molar-refractivity contribution in [2.45, 2.75) is 5.33 Å². The molecule has 2 heterocycles. The smallest absolute Gasteiger partial charge is 0.0391 e. The first-order valence-corrected chi connectivity index (χ1v) is 6.51. The van der Waals surface area contributed by atoms with Crippen LogP contribution in [0, 0.1) is 0 Å². The normalized spacial score (nSPS) is 10.4. The Bertz CT molecular complexity index is 348. The van der Waals surface area contributed by atoms with Gasteiger partial charge in [-0.2, -0.15) is 11.3 Å². The van der Waals surface area contributed by atoms with Crippen LogP contribution in [0.5, 0.6) is 0 Å². The largest absolute Gasteiger partial charge is 0.152 e. The predicted molar refractivity (Wildman–Crippen MR) is 60.3 cm³/mol. The molecule has 2 aromatic rings. The molecule has 62 valence electrons. The topological polar surface area (TPSA) is 0 Å². The Labute approximate surface area is 88.0 Å². The Balaban J connectivity index is 2.46.